The highest BCUT2D eigenvalue weighted by molar-refractivity contribution is 5.96. The maximum Gasteiger partial charge on any atom is 0.171 e. The van der Waals surface area contributed by atoms with Crippen molar-refractivity contribution in [2.24, 2.45) is 10.9 Å². The zero-order chi connectivity index (χ0) is 11.4. The fourth-order valence-corrected chi connectivity index (χ4v) is 1.30. The molecule has 0 aliphatic carbocycles. The molecule has 0 atom stereocenters. The van der Waals surface area contributed by atoms with Crippen LogP contribution in [-0.4, -0.2) is 21.0 Å². The van der Waals surface area contributed by atoms with E-state index < -0.39 is 0 Å². The van der Waals surface area contributed by atoms with Crippen LogP contribution in [0.25, 0.3) is 11.3 Å². The minimum absolute atomic E-state index is 0.0498. The molecule has 0 saturated heterocycles. The molecule has 0 spiro atoms. The topological polar surface area (TPSA) is 84.4 Å². The van der Waals surface area contributed by atoms with Gasteiger partial charge in [0.1, 0.15) is 0 Å². The van der Waals surface area contributed by atoms with Crippen molar-refractivity contribution in [3.63, 3.8) is 0 Å². The summed E-state index contributed by atoms with van der Waals surface area (Å²) >= 11 is 0. The summed E-state index contributed by atoms with van der Waals surface area (Å²) in [5, 5.41) is 11.4. The summed E-state index contributed by atoms with van der Waals surface area (Å²) in [7, 11) is 0. The maximum atomic E-state index is 8.50. The molecule has 5 nitrogen and oxygen atoms in total. The molecule has 0 aliphatic rings. The molecular weight excluding hydrogens is 204 g/mol. The van der Waals surface area contributed by atoms with Crippen LogP contribution in [0.15, 0.2) is 48.0 Å². The minimum Gasteiger partial charge on any atom is -0.409 e. The zero-order valence-electron chi connectivity index (χ0n) is 8.41. The Kier molecular flexibility index (Phi) is 2.77. The van der Waals surface area contributed by atoms with Crippen LogP contribution in [0.1, 0.15) is 5.56 Å². The van der Waals surface area contributed by atoms with Gasteiger partial charge in [0.15, 0.2) is 5.84 Å². The molecule has 2 aromatic heterocycles. The van der Waals surface area contributed by atoms with Gasteiger partial charge in [-0.1, -0.05) is 5.16 Å². The van der Waals surface area contributed by atoms with E-state index in [1.165, 1.54) is 0 Å². The predicted octanol–water partition coefficient (Wildman–Crippen LogP) is 1.24. The smallest absolute Gasteiger partial charge is 0.171 e. The Morgan fingerprint density at radius 2 is 1.94 bits per heavy atom. The summed E-state index contributed by atoms with van der Waals surface area (Å²) in [6.45, 7) is 0. The molecule has 5 heteroatoms. The number of nitrogens with zero attached hydrogens (tertiary/aromatic N) is 3. The lowest BCUT2D eigenvalue weighted by molar-refractivity contribution is 0.318. The number of hydrogen-bond donors (Lipinski definition) is 2. The van der Waals surface area contributed by atoms with E-state index in [0.717, 1.165) is 11.3 Å². The number of rotatable bonds is 2. The zero-order valence-corrected chi connectivity index (χ0v) is 8.41. The fourth-order valence-electron chi connectivity index (χ4n) is 1.30. The molecule has 0 aliphatic heterocycles. The van der Waals surface area contributed by atoms with Gasteiger partial charge in [-0.25, -0.2) is 0 Å². The van der Waals surface area contributed by atoms with Gasteiger partial charge in [-0.3, -0.25) is 9.97 Å². The highest BCUT2D eigenvalue weighted by atomic mass is 16.4. The lowest BCUT2D eigenvalue weighted by Crippen LogP contribution is -2.13. The van der Waals surface area contributed by atoms with Crippen LogP contribution in [0, 0.1) is 0 Å². The van der Waals surface area contributed by atoms with E-state index in [9.17, 15) is 0 Å². The predicted molar refractivity (Wildman–Crippen MR) is 60.0 cm³/mol. The normalized spacial score (nSPS) is 11.4. The van der Waals surface area contributed by atoms with Gasteiger partial charge in [0.2, 0.25) is 0 Å². The van der Waals surface area contributed by atoms with Crippen molar-refractivity contribution in [1.29, 1.82) is 0 Å². The Morgan fingerprint density at radius 3 is 2.50 bits per heavy atom. The molecule has 0 unspecified atom stereocenters. The molecule has 0 fully saturated rings. The van der Waals surface area contributed by atoms with Gasteiger partial charge < -0.3 is 10.9 Å². The van der Waals surface area contributed by atoms with Gasteiger partial charge in [-0.05, 0) is 24.3 Å². The molecule has 0 aromatic carbocycles. The second kappa shape index (κ2) is 4.39. The van der Waals surface area contributed by atoms with Crippen molar-refractivity contribution >= 4 is 5.84 Å². The molecule has 0 saturated carbocycles. The monoisotopic (exact) mass is 214 g/mol. The first-order chi connectivity index (χ1) is 7.81. The first-order valence-corrected chi connectivity index (χ1v) is 4.65. The summed E-state index contributed by atoms with van der Waals surface area (Å²) in [4.78, 5) is 8.15. The van der Waals surface area contributed by atoms with Crippen molar-refractivity contribution in [2.75, 3.05) is 0 Å². The van der Waals surface area contributed by atoms with Crippen molar-refractivity contribution < 1.29 is 5.21 Å². The number of hydrogen-bond acceptors (Lipinski definition) is 4. The molecule has 3 N–H and O–H groups in total. The molecule has 16 heavy (non-hydrogen) atoms. The molecular formula is C11H10N4O. The van der Waals surface area contributed by atoms with Crippen molar-refractivity contribution in [3.05, 3.63) is 48.4 Å². The lowest BCUT2D eigenvalue weighted by Gasteiger charge is -2.01. The highest BCUT2D eigenvalue weighted by Crippen LogP contribution is 2.15. The number of aromatic nitrogens is 2. The summed E-state index contributed by atoms with van der Waals surface area (Å²) in [6, 6.07) is 7.29. The van der Waals surface area contributed by atoms with Crippen molar-refractivity contribution in [3.8, 4) is 11.3 Å². The third kappa shape index (κ3) is 1.98. The minimum atomic E-state index is 0.0498. The van der Waals surface area contributed by atoms with Crippen LogP contribution in [0.2, 0.25) is 0 Å². The van der Waals surface area contributed by atoms with Gasteiger partial charge >= 0.3 is 0 Å². The van der Waals surface area contributed by atoms with Crippen LogP contribution in [0.5, 0.6) is 0 Å². The largest absolute Gasteiger partial charge is 0.409 e. The van der Waals surface area contributed by atoms with Crippen LogP contribution < -0.4 is 5.73 Å². The first-order valence-electron chi connectivity index (χ1n) is 4.65. The molecule has 0 amide bonds. The van der Waals surface area contributed by atoms with E-state index in [1.807, 2.05) is 18.2 Å². The molecule has 0 bridgehead atoms. The van der Waals surface area contributed by atoms with Gasteiger partial charge in [0, 0.05) is 29.7 Å². The van der Waals surface area contributed by atoms with E-state index in [2.05, 4.69) is 15.1 Å². The van der Waals surface area contributed by atoms with E-state index in [1.54, 1.807) is 24.7 Å². The molecule has 2 heterocycles. The first kappa shape index (κ1) is 10.1. The molecule has 2 rings (SSSR count). The standard InChI is InChI=1S/C11H10N4O/c12-11(15-16)9-1-2-10(14-7-9)8-3-5-13-6-4-8/h1-7,16H,(H2,12,15). The lowest BCUT2D eigenvalue weighted by atomic mass is 10.1. The number of nitrogens with two attached hydrogens (primary N) is 1. The third-order valence-corrected chi connectivity index (χ3v) is 2.14. The Hall–Kier alpha value is -2.43. The van der Waals surface area contributed by atoms with Crippen LogP contribution in [0.4, 0.5) is 0 Å². The van der Waals surface area contributed by atoms with Gasteiger partial charge in [0.25, 0.3) is 0 Å². The van der Waals surface area contributed by atoms with Crippen LogP contribution in [-0.2, 0) is 0 Å². The molecule has 2 aromatic rings. The van der Waals surface area contributed by atoms with Crippen molar-refractivity contribution in [2.45, 2.75) is 0 Å². The SMILES string of the molecule is N/C(=N\O)c1ccc(-c2ccncc2)nc1. The maximum absolute atomic E-state index is 8.50. The molecule has 0 radical (unpaired) electrons. The Bertz CT molecular complexity index is 493. The van der Waals surface area contributed by atoms with Crippen LogP contribution >= 0.6 is 0 Å². The molecule has 80 valence electrons. The summed E-state index contributed by atoms with van der Waals surface area (Å²) in [5.74, 6) is 0.0498. The van der Waals surface area contributed by atoms with Crippen LogP contribution in [0.3, 0.4) is 0 Å². The quantitative estimate of drug-likeness (QED) is 0.341. The van der Waals surface area contributed by atoms with Gasteiger partial charge in [-0.15, -0.1) is 0 Å². The summed E-state index contributed by atoms with van der Waals surface area (Å²) in [6.07, 6.45) is 4.97. The highest BCUT2D eigenvalue weighted by Gasteiger charge is 2.01. The van der Waals surface area contributed by atoms with E-state index >= 15 is 0 Å². The summed E-state index contributed by atoms with van der Waals surface area (Å²) in [5.41, 5.74) is 7.81. The second-order valence-electron chi connectivity index (χ2n) is 3.15. The fraction of sp³-hybridized carbons (Fsp3) is 0. The Balaban J connectivity index is 2.34. The average molecular weight is 214 g/mol. The van der Waals surface area contributed by atoms with E-state index in [4.69, 9.17) is 10.9 Å². The summed E-state index contributed by atoms with van der Waals surface area (Å²) < 4.78 is 0. The Labute approximate surface area is 92.3 Å². The third-order valence-electron chi connectivity index (χ3n) is 2.14. The van der Waals surface area contributed by atoms with Gasteiger partial charge in [0.05, 0.1) is 5.69 Å². The van der Waals surface area contributed by atoms with Gasteiger partial charge in [-0.2, -0.15) is 0 Å². The number of oxime groups is 1. The van der Waals surface area contributed by atoms with E-state index in [-0.39, 0.29) is 5.84 Å². The van der Waals surface area contributed by atoms with Crippen molar-refractivity contribution in [1.82, 2.24) is 9.97 Å². The number of pyridine rings is 2. The Morgan fingerprint density at radius 1 is 1.19 bits per heavy atom. The second-order valence-corrected chi connectivity index (χ2v) is 3.15. The van der Waals surface area contributed by atoms with E-state index in [0.29, 0.717) is 5.56 Å². The number of amidine groups is 1. The average Bonchev–Trinajstić information content (AvgIpc) is 2.39.